The number of rotatable bonds is 6. The highest BCUT2D eigenvalue weighted by Crippen LogP contribution is 2.36. The molecule has 0 N–H and O–H groups in total. The van der Waals surface area contributed by atoms with Crippen molar-refractivity contribution >= 4 is 34.7 Å². The Morgan fingerprint density at radius 2 is 2.03 bits per heavy atom. The molecule has 0 unspecified atom stereocenters. The van der Waals surface area contributed by atoms with E-state index in [9.17, 15) is 9.59 Å². The van der Waals surface area contributed by atoms with E-state index in [1.807, 2.05) is 61.7 Å². The van der Waals surface area contributed by atoms with Crippen LogP contribution < -0.4 is 19.6 Å². The van der Waals surface area contributed by atoms with Crippen molar-refractivity contribution in [2.45, 2.75) is 39.8 Å². The third-order valence-electron chi connectivity index (χ3n) is 4.91. The van der Waals surface area contributed by atoms with Crippen LogP contribution in [-0.2, 0) is 9.53 Å². The van der Waals surface area contributed by atoms with Gasteiger partial charge in [0.2, 0.25) is 0 Å². The van der Waals surface area contributed by atoms with Crippen LogP contribution in [0.1, 0.15) is 44.2 Å². The summed E-state index contributed by atoms with van der Waals surface area (Å²) < 4.78 is 13.6. The van der Waals surface area contributed by atoms with Crippen LogP contribution in [0.4, 0.5) is 0 Å². The molecular formula is C24H24N2O4S2. The summed E-state index contributed by atoms with van der Waals surface area (Å²) in [5.74, 6) is 0.141. The Morgan fingerprint density at radius 3 is 2.72 bits per heavy atom. The van der Waals surface area contributed by atoms with E-state index in [4.69, 9.17) is 9.47 Å². The number of fused-ring (bicyclic) bond motifs is 1. The van der Waals surface area contributed by atoms with Crippen LogP contribution in [-0.4, -0.2) is 23.2 Å². The molecule has 166 valence electrons. The van der Waals surface area contributed by atoms with E-state index < -0.39 is 12.0 Å². The predicted molar refractivity (Wildman–Crippen MR) is 127 cm³/mol. The first-order valence-corrected chi connectivity index (χ1v) is 12.1. The molecule has 0 spiro atoms. The van der Waals surface area contributed by atoms with Crippen LogP contribution in [0.3, 0.4) is 0 Å². The van der Waals surface area contributed by atoms with Gasteiger partial charge in [-0.2, -0.15) is 0 Å². The molecule has 1 aliphatic heterocycles. The Balaban J connectivity index is 1.99. The zero-order chi connectivity index (χ0) is 22.8. The third-order valence-corrected chi connectivity index (χ3v) is 6.71. The van der Waals surface area contributed by atoms with Crippen LogP contribution in [0.2, 0.25) is 0 Å². The molecule has 2 aromatic heterocycles. The van der Waals surface area contributed by atoms with Gasteiger partial charge in [-0.05, 0) is 51.3 Å². The van der Waals surface area contributed by atoms with Gasteiger partial charge in [0.25, 0.3) is 5.56 Å². The SMILES string of the molecule is CCOC(=O)C1=C(C)N=c2s/c(=C\c3cccs3)c(=O)n2[C@@H]1c1ccccc1OC(C)C. The maximum atomic E-state index is 13.6. The number of aromatic nitrogens is 1. The van der Waals surface area contributed by atoms with Gasteiger partial charge in [0.15, 0.2) is 4.80 Å². The fraction of sp³-hybridized carbons (Fsp3) is 0.292. The van der Waals surface area contributed by atoms with E-state index in [0.29, 0.717) is 26.4 Å². The number of para-hydroxylation sites is 1. The van der Waals surface area contributed by atoms with Crippen LogP contribution >= 0.6 is 22.7 Å². The molecule has 3 heterocycles. The number of thiazole rings is 1. The zero-order valence-electron chi connectivity index (χ0n) is 18.3. The first-order chi connectivity index (χ1) is 15.4. The minimum Gasteiger partial charge on any atom is -0.491 e. The lowest BCUT2D eigenvalue weighted by Crippen LogP contribution is -2.40. The van der Waals surface area contributed by atoms with Crippen LogP contribution in [0, 0.1) is 0 Å². The van der Waals surface area contributed by atoms with Crippen LogP contribution in [0.25, 0.3) is 6.08 Å². The number of esters is 1. The van der Waals surface area contributed by atoms with Gasteiger partial charge < -0.3 is 9.47 Å². The molecule has 32 heavy (non-hydrogen) atoms. The molecule has 1 aliphatic rings. The second kappa shape index (κ2) is 9.26. The topological polar surface area (TPSA) is 69.9 Å². The first-order valence-electron chi connectivity index (χ1n) is 10.4. The summed E-state index contributed by atoms with van der Waals surface area (Å²) in [7, 11) is 0. The van der Waals surface area contributed by atoms with Gasteiger partial charge in [0.1, 0.15) is 11.8 Å². The number of allylic oxidation sites excluding steroid dienone is 1. The molecule has 0 saturated heterocycles. The third kappa shape index (κ3) is 4.20. The molecular weight excluding hydrogens is 444 g/mol. The number of nitrogens with zero attached hydrogens (tertiary/aromatic N) is 2. The lowest BCUT2D eigenvalue weighted by Gasteiger charge is -2.26. The van der Waals surface area contributed by atoms with Crippen LogP contribution in [0.15, 0.2) is 62.8 Å². The Kier molecular flexibility index (Phi) is 6.43. The molecule has 0 saturated carbocycles. The van der Waals surface area contributed by atoms with E-state index >= 15 is 0 Å². The van der Waals surface area contributed by atoms with E-state index in [2.05, 4.69) is 4.99 Å². The number of carbonyl (C=O) groups excluding carboxylic acids is 1. The van der Waals surface area contributed by atoms with Gasteiger partial charge in [0.05, 0.1) is 28.5 Å². The molecule has 4 rings (SSSR count). The number of thiophene rings is 1. The van der Waals surface area contributed by atoms with Crippen molar-refractivity contribution in [1.29, 1.82) is 0 Å². The average Bonchev–Trinajstić information content (AvgIpc) is 3.36. The van der Waals surface area contributed by atoms with Crippen molar-refractivity contribution in [1.82, 2.24) is 4.57 Å². The van der Waals surface area contributed by atoms with Crippen molar-refractivity contribution in [3.8, 4) is 5.75 Å². The Labute approximate surface area is 193 Å². The monoisotopic (exact) mass is 468 g/mol. The summed E-state index contributed by atoms with van der Waals surface area (Å²) in [6.45, 7) is 7.65. The van der Waals surface area contributed by atoms with Gasteiger partial charge >= 0.3 is 5.97 Å². The highest BCUT2D eigenvalue weighted by molar-refractivity contribution is 7.11. The minimum absolute atomic E-state index is 0.0677. The average molecular weight is 469 g/mol. The summed E-state index contributed by atoms with van der Waals surface area (Å²) in [6, 6.07) is 10.7. The molecule has 3 aromatic rings. The van der Waals surface area contributed by atoms with Crippen molar-refractivity contribution in [2.24, 2.45) is 4.99 Å². The fourth-order valence-electron chi connectivity index (χ4n) is 3.66. The molecule has 0 aliphatic carbocycles. The molecule has 0 fully saturated rings. The molecule has 1 aromatic carbocycles. The molecule has 0 amide bonds. The second-order valence-corrected chi connectivity index (χ2v) is 9.51. The van der Waals surface area contributed by atoms with E-state index in [1.165, 1.54) is 11.3 Å². The predicted octanol–water partition coefficient (Wildman–Crippen LogP) is 3.65. The van der Waals surface area contributed by atoms with E-state index in [0.717, 1.165) is 10.4 Å². The van der Waals surface area contributed by atoms with Gasteiger partial charge in [-0.1, -0.05) is 35.6 Å². The largest absolute Gasteiger partial charge is 0.491 e. The maximum Gasteiger partial charge on any atom is 0.338 e. The Hall–Kier alpha value is -2.97. The zero-order valence-corrected chi connectivity index (χ0v) is 20.0. The van der Waals surface area contributed by atoms with Crippen molar-refractivity contribution < 1.29 is 14.3 Å². The summed E-state index contributed by atoms with van der Waals surface area (Å²) in [5, 5.41) is 1.97. The number of ether oxygens (including phenoxy) is 2. The van der Waals surface area contributed by atoms with Gasteiger partial charge in [-0.15, -0.1) is 11.3 Å². The van der Waals surface area contributed by atoms with E-state index in [1.54, 1.807) is 29.8 Å². The van der Waals surface area contributed by atoms with Gasteiger partial charge in [-0.3, -0.25) is 9.36 Å². The van der Waals surface area contributed by atoms with Crippen molar-refractivity contribution in [2.75, 3.05) is 6.61 Å². The molecule has 1 atom stereocenters. The second-order valence-electron chi connectivity index (χ2n) is 7.52. The molecule has 0 bridgehead atoms. The summed E-state index contributed by atoms with van der Waals surface area (Å²) in [5.41, 5.74) is 1.42. The molecule has 0 radical (unpaired) electrons. The normalized spacial score (nSPS) is 16.2. The lowest BCUT2D eigenvalue weighted by atomic mass is 9.95. The van der Waals surface area contributed by atoms with Crippen molar-refractivity contribution in [3.05, 3.63) is 83.2 Å². The number of hydrogen-bond acceptors (Lipinski definition) is 7. The number of benzene rings is 1. The van der Waals surface area contributed by atoms with Crippen molar-refractivity contribution in [3.63, 3.8) is 0 Å². The highest BCUT2D eigenvalue weighted by Gasteiger charge is 2.35. The number of hydrogen-bond donors (Lipinski definition) is 0. The first kappa shape index (κ1) is 22.2. The smallest absolute Gasteiger partial charge is 0.338 e. The summed E-state index contributed by atoms with van der Waals surface area (Å²) >= 11 is 2.88. The minimum atomic E-state index is -0.689. The fourth-order valence-corrected chi connectivity index (χ4v) is 5.43. The quantitative estimate of drug-likeness (QED) is 0.518. The summed E-state index contributed by atoms with van der Waals surface area (Å²) in [4.78, 5) is 32.7. The highest BCUT2D eigenvalue weighted by atomic mass is 32.1. The maximum absolute atomic E-state index is 13.6. The van der Waals surface area contributed by atoms with Gasteiger partial charge in [0, 0.05) is 10.4 Å². The summed E-state index contributed by atoms with van der Waals surface area (Å²) in [6.07, 6.45) is 1.80. The Morgan fingerprint density at radius 1 is 1.25 bits per heavy atom. The molecule has 8 heteroatoms. The Bertz CT molecular complexity index is 1350. The van der Waals surface area contributed by atoms with Gasteiger partial charge in [-0.25, -0.2) is 9.79 Å². The lowest BCUT2D eigenvalue weighted by molar-refractivity contribution is -0.139. The number of carbonyl (C=O) groups is 1. The standard InChI is InChI=1S/C24H24N2O4S2/c1-5-29-23(28)20-15(4)25-24-26(22(27)19(32-24)13-16-9-8-12-31-16)21(20)17-10-6-7-11-18(17)30-14(2)3/h6-14,21H,5H2,1-4H3/b19-13-/t21-/m1/s1. The van der Waals surface area contributed by atoms with Crippen LogP contribution in [0.5, 0.6) is 5.75 Å². The van der Waals surface area contributed by atoms with E-state index in [-0.39, 0.29) is 18.3 Å². The molecule has 6 nitrogen and oxygen atoms in total.